The van der Waals surface area contributed by atoms with Crippen LogP contribution in [-0.2, 0) is 16.6 Å². The predicted molar refractivity (Wildman–Crippen MR) is 99.2 cm³/mol. The molecular formula is C18H24N2O4S. The number of nitrogens with zero attached hydrogens (tertiary/aromatic N) is 1. The van der Waals surface area contributed by atoms with E-state index < -0.39 is 0 Å². The zero-order chi connectivity index (χ0) is 18.6. The van der Waals surface area contributed by atoms with Crippen molar-refractivity contribution in [1.29, 1.82) is 0 Å². The van der Waals surface area contributed by atoms with E-state index in [1.807, 2.05) is 5.38 Å². The second-order valence-electron chi connectivity index (χ2n) is 6.51. The fourth-order valence-corrected chi connectivity index (χ4v) is 3.27. The van der Waals surface area contributed by atoms with Crippen molar-refractivity contribution in [3.05, 3.63) is 28.8 Å². The Labute approximate surface area is 152 Å². The predicted octanol–water partition coefficient (Wildman–Crippen LogP) is 3.65. The Morgan fingerprint density at radius 2 is 1.80 bits per heavy atom. The van der Waals surface area contributed by atoms with E-state index in [0.29, 0.717) is 27.9 Å². The van der Waals surface area contributed by atoms with Crippen molar-refractivity contribution in [2.24, 2.45) is 0 Å². The molecule has 25 heavy (non-hydrogen) atoms. The van der Waals surface area contributed by atoms with Crippen molar-refractivity contribution >= 4 is 22.4 Å². The lowest BCUT2D eigenvalue weighted by Crippen LogP contribution is -2.16. The molecule has 1 N–H and O–H groups in total. The molecule has 6 nitrogen and oxygen atoms in total. The highest BCUT2D eigenvalue weighted by Gasteiger charge is 2.20. The van der Waals surface area contributed by atoms with Gasteiger partial charge in [0.25, 0.3) is 0 Å². The molecule has 1 heterocycles. The van der Waals surface area contributed by atoms with Crippen molar-refractivity contribution in [2.75, 3.05) is 26.6 Å². The minimum Gasteiger partial charge on any atom is -0.493 e. The van der Waals surface area contributed by atoms with E-state index in [-0.39, 0.29) is 17.7 Å². The van der Waals surface area contributed by atoms with Crippen LogP contribution in [0.5, 0.6) is 17.2 Å². The third kappa shape index (κ3) is 4.42. The first-order valence-electron chi connectivity index (χ1n) is 7.83. The number of methoxy groups -OCH3 is 3. The summed E-state index contributed by atoms with van der Waals surface area (Å²) in [6.07, 6.45) is 0.147. The molecule has 136 valence electrons. The molecule has 7 heteroatoms. The van der Waals surface area contributed by atoms with Gasteiger partial charge in [-0.1, -0.05) is 26.8 Å². The minimum atomic E-state index is -0.166. The average molecular weight is 364 g/mol. The number of hydrogen-bond donors (Lipinski definition) is 1. The SMILES string of the molecule is COc1ccc(CC(=O)Nc2nc(C(C)(C)C)cs2)c(OC)c1OC. The van der Waals surface area contributed by atoms with Crippen molar-refractivity contribution in [1.82, 2.24) is 4.98 Å². The van der Waals surface area contributed by atoms with Gasteiger partial charge in [0.2, 0.25) is 11.7 Å². The van der Waals surface area contributed by atoms with Gasteiger partial charge < -0.3 is 19.5 Å². The van der Waals surface area contributed by atoms with Gasteiger partial charge in [-0.15, -0.1) is 11.3 Å². The Morgan fingerprint density at radius 1 is 1.12 bits per heavy atom. The monoisotopic (exact) mass is 364 g/mol. The Bertz CT molecular complexity index is 750. The van der Waals surface area contributed by atoms with Crippen molar-refractivity contribution in [2.45, 2.75) is 32.6 Å². The number of hydrogen-bond acceptors (Lipinski definition) is 6. The summed E-state index contributed by atoms with van der Waals surface area (Å²) in [5.74, 6) is 1.35. The highest BCUT2D eigenvalue weighted by Crippen LogP contribution is 2.40. The summed E-state index contributed by atoms with van der Waals surface area (Å²) in [5.41, 5.74) is 1.62. The number of carbonyl (C=O) groups is 1. The van der Waals surface area contributed by atoms with Gasteiger partial charge in [-0.2, -0.15) is 0 Å². The molecule has 0 spiro atoms. The summed E-state index contributed by atoms with van der Waals surface area (Å²) in [6.45, 7) is 6.26. The van der Waals surface area contributed by atoms with E-state index >= 15 is 0 Å². The first-order chi connectivity index (χ1) is 11.8. The van der Waals surface area contributed by atoms with Crippen LogP contribution < -0.4 is 19.5 Å². The number of ether oxygens (including phenoxy) is 3. The number of nitrogens with one attached hydrogen (secondary N) is 1. The van der Waals surface area contributed by atoms with Gasteiger partial charge >= 0.3 is 0 Å². The van der Waals surface area contributed by atoms with Crippen LogP contribution in [-0.4, -0.2) is 32.2 Å². The lowest BCUT2D eigenvalue weighted by Gasteiger charge is -2.15. The molecule has 1 aromatic carbocycles. The highest BCUT2D eigenvalue weighted by molar-refractivity contribution is 7.13. The van der Waals surface area contributed by atoms with Crippen LogP contribution in [0, 0.1) is 0 Å². The Balaban J connectivity index is 2.16. The summed E-state index contributed by atoms with van der Waals surface area (Å²) >= 11 is 1.42. The minimum absolute atomic E-state index is 0.0496. The Kier molecular flexibility index (Phi) is 5.89. The van der Waals surface area contributed by atoms with Crippen LogP contribution >= 0.6 is 11.3 Å². The van der Waals surface area contributed by atoms with Gasteiger partial charge in [-0.05, 0) is 6.07 Å². The molecule has 0 radical (unpaired) electrons. The lowest BCUT2D eigenvalue weighted by atomic mass is 9.93. The molecule has 0 atom stereocenters. The first-order valence-corrected chi connectivity index (χ1v) is 8.71. The van der Waals surface area contributed by atoms with E-state index in [9.17, 15) is 4.79 Å². The van der Waals surface area contributed by atoms with E-state index in [0.717, 1.165) is 5.69 Å². The molecule has 0 saturated heterocycles. The van der Waals surface area contributed by atoms with Crippen LogP contribution in [0.25, 0.3) is 0 Å². The molecule has 0 aliphatic rings. The first kappa shape index (κ1) is 19.1. The molecule has 0 saturated carbocycles. The normalized spacial score (nSPS) is 11.1. The van der Waals surface area contributed by atoms with Crippen molar-refractivity contribution in [3.8, 4) is 17.2 Å². The number of anilines is 1. The fraction of sp³-hybridized carbons (Fsp3) is 0.444. The van der Waals surface area contributed by atoms with Gasteiger partial charge in [0.15, 0.2) is 16.6 Å². The van der Waals surface area contributed by atoms with Gasteiger partial charge in [-0.3, -0.25) is 4.79 Å². The third-order valence-electron chi connectivity index (χ3n) is 3.66. The maximum atomic E-state index is 12.4. The van der Waals surface area contributed by atoms with Crippen LogP contribution in [0.4, 0.5) is 5.13 Å². The second-order valence-corrected chi connectivity index (χ2v) is 7.36. The highest BCUT2D eigenvalue weighted by atomic mass is 32.1. The Morgan fingerprint density at radius 3 is 2.32 bits per heavy atom. The number of amides is 1. The summed E-state index contributed by atoms with van der Waals surface area (Å²) in [6, 6.07) is 3.55. The lowest BCUT2D eigenvalue weighted by molar-refractivity contribution is -0.115. The van der Waals surface area contributed by atoms with Crippen molar-refractivity contribution in [3.63, 3.8) is 0 Å². The fourth-order valence-electron chi connectivity index (χ4n) is 2.31. The maximum absolute atomic E-state index is 12.4. The van der Waals surface area contributed by atoms with Gasteiger partial charge in [0.1, 0.15) is 0 Å². The Hall–Kier alpha value is -2.28. The number of benzene rings is 1. The number of aromatic nitrogens is 1. The maximum Gasteiger partial charge on any atom is 0.230 e. The van der Waals surface area contributed by atoms with Crippen molar-refractivity contribution < 1.29 is 19.0 Å². The molecule has 1 amide bonds. The summed E-state index contributed by atoms with van der Waals surface area (Å²) in [7, 11) is 4.63. The molecule has 0 fully saturated rings. The van der Waals surface area contributed by atoms with E-state index in [4.69, 9.17) is 14.2 Å². The smallest absolute Gasteiger partial charge is 0.230 e. The number of rotatable bonds is 6. The molecule has 0 bridgehead atoms. The van der Waals surface area contributed by atoms with Gasteiger partial charge in [0.05, 0.1) is 33.4 Å². The summed E-state index contributed by atoms with van der Waals surface area (Å²) < 4.78 is 16.0. The largest absolute Gasteiger partial charge is 0.493 e. The van der Waals surface area contributed by atoms with Crippen LogP contribution in [0.2, 0.25) is 0 Å². The number of carbonyl (C=O) groups excluding carboxylic acids is 1. The molecule has 0 aliphatic carbocycles. The molecule has 2 aromatic rings. The summed E-state index contributed by atoms with van der Waals surface area (Å²) in [4.78, 5) is 16.9. The quantitative estimate of drug-likeness (QED) is 0.847. The topological polar surface area (TPSA) is 69.7 Å². The molecule has 0 unspecified atom stereocenters. The molecule has 0 aliphatic heterocycles. The standard InChI is InChI=1S/C18H24N2O4S/c1-18(2,3)13-10-25-17(19-13)20-14(21)9-11-7-8-12(22-4)16(24-6)15(11)23-5/h7-8,10H,9H2,1-6H3,(H,19,20,21). The zero-order valence-electron chi connectivity index (χ0n) is 15.4. The van der Waals surface area contributed by atoms with Crippen LogP contribution in [0.1, 0.15) is 32.0 Å². The van der Waals surface area contributed by atoms with Crippen LogP contribution in [0.15, 0.2) is 17.5 Å². The van der Waals surface area contributed by atoms with E-state index in [1.54, 1.807) is 19.2 Å². The van der Waals surface area contributed by atoms with Crippen LogP contribution in [0.3, 0.4) is 0 Å². The molecular weight excluding hydrogens is 340 g/mol. The van der Waals surface area contributed by atoms with E-state index in [2.05, 4.69) is 31.1 Å². The molecule has 1 aromatic heterocycles. The number of thiazole rings is 1. The van der Waals surface area contributed by atoms with E-state index in [1.165, 1.54) is 25.6 Å². The summed E-state index contributed by atoms with van der Waals surface area (Å²) in [5, 5.41) is 5.40. The molecule has 2 rings (SSSR count). The second kappa shape index (κ2) is 7.74. The average Bonchev–Trinajstić information content (AvgIpc) is 3.02. The van der Waals surface area contributed by atoms with Gasteiger partial charge in [0, 0.05) is 16.4 Å². The van der Waals surface area contributed by atoms with Gasteiger partial charge in [-0.25, -0.2) is 4.98 Å². The zero-order valence-corrected chi connectivity index (χ0v) is 16.2. The third-order valence-corrected chi connectivity index (χ3v) is 4.41.